The number of rotatable bonds is 10. The third-order valence-electron chi connectivity index (χ3n) is 5.91. The van der Waals surface area contributed by atoms with Gasteiger partial charge in [0.05, 0.1) is 0 Å². The molecule has 32 heavy (non-hydrogen) atoms. The van der Waals surface area contributed by atoms with Crippen LogP contribution in [0.4, 0.5) is 4.79 Å². The molecular formula is C25H30N2O5. The van der Waals surface area contributed by atoms with Crippen molar-refractivity contribution in [1.29, 1.82) is 0 Å². The summed E-state index contributed by atoms with van der Waals surface area (Å²) >= 11 is 0. The van der Waals surface area contributed by atoms with Crippen LogP contribution in [0, 0.1) is 0 Å². The predicted molar refractivity (Wildman–Crippen MR) is 121 cm³/mol. The molecule has 2 aromatic carbocycles. The minimum absolute atomic E-state index is 0.0185. The van der Waals surface area contributed by atoms with Gasteiger partial charge < -0.3 is 20.5 Å². The van der Waals surface area contributed by atoms with E-state index in [4.69, 9.17) is 9.84 Å². The number of ether oxygens (including phenoxy) is 1. The lowest BCUT2D eigenvalue weighted by Gasteiger charge is -2.22. The molecule has 1 aliphatic rings. The molecule has 7 heteroatoms. The lowest BCUT2D eigenvalue weighted by molar-refractivity contribution is -0.137. The fourth-order valence-electron chi connectivity index (χ4n) is 4.11. The molecule has 7 nitrogen and oxygen atoms in total. The molecule has 0 heterocycles. The zero-order valence-electron chi connectivity index (χ0n) is 18.5. The predicted octanol–water partition coefficient (Wildman–Crippen LogP) is 4.06. The summed E-state index contributed by atoms with van der Waals surface area (Å²) in [7, 11) is 0. The molecule has 0 aliphatic heterocycles. The van der Waals surface area contributed by atoms with E-state index in [1.807, 2.05) is 43.3 Å². The molecular weight excluding hydrogens is 408 g/mol. The molecule has 0 saturated heterocycles. The van der Waals surface area contributed by atoms with E-state index in [1.165, 1.54) is 0 Å². The molecule has 0 saturated carbocycles. The van der Waals surface area contributed by atoms with Gasteiger partial charge in [-0.25, -0.2) is 4.79 Å². The minimum Gasteiger partial charge on any atom is -0.481 e. The van der Waals surface area contributed by atoms with Crippen molar-refractivity contribution in [2.45, 2.75) is 57.5 Å². The van der Waals surface area contributed by atoms with E-state index in [-0.39, 0.29) is 30.9 Å². The van der Waals surface area contributed by atoms with Gasteiger partial charge in [0.2, 0.25) is 5.91 Å². The fraction of sp³-hybridized carbons (Fsp3) is 0.400. The minimum atomic E-state index is -0.901. The van der Waals surface area contributed by atoms with E-state index in [2.05, 4.69) is 22.8 Å². The summed E-state index contributed by atoms with van der Waals surface area (Å²) in [5.74, 6) is -1.29. The molecule has 3 N–H and O–H groups in total. The van der Waals surface area contributed by atoms with Crippen LogP contribution < -0.4 is 10.6 Å². The van der Waals surface area contributed by atoms with Crippen molar-refractivity contribution in [1.82, 2.24) is 10.6 Å². The van der Waals surface area contributed by atoms with Gasteiger partial charge in [0, 0.05) is 18.4 Å². The highest BCUT2D eigenvalue weighted by Gasteiger charge is 2.29. The molecule has 2 aromatic rings. The van der Waals surface area contributed by atoms with Crippen LogP contribution in [0.1, 0.15) is 56.6 Å². The summed E-state index contributed by atoms with van der Waals surface area (Å²) in [6.07, 6.45) is 0.688. The van der Waals surface area contributed by atoms with E-state index in [1.54, 1.807) is 6.92 Å². The van der Waals surface area contributed by atoms with Gasteiger partial charge in [-0.1, -0.05) is 62.4 Å². The van der Waals surface area contributed by atoms with Gasteiger partial charge in [0.1, 0.15) is 12.6 Å². The number of carbonyl (C=O) groups is 3. The maximum absolute atomic E-state index is 12.6. The molecule has 0 bridgehead atoms. The number of nitrogens with one attached hydrogen (secondary N) is 2. The van der Waals surface area contributed by atoms with Crippen molar-refractivity contribution in [3.8, 4) is 11.1 Å². The van der Waals surface area contributed by atoms with Crippen molar-refractivity contribution >= 4 is 18.0 Å². The average Bonchev–Trinajstić information content (AvgIpc) is 3.12. The summed E-state index contributed by atoms with van der Waals surface area (Å²) in [5, 5.41) is 14.3. The Hall–Kier alpha value is -3.35. The molecule has 1 aliphatic carbocycles. The van der Waals surface area contributed by atoms with Crippen molar-refractivity contribution < 1.29 is 24.2 Å². The lowest BCUT2D eigenvalue weighted by Crippen LogP contribution is -2.49. The number of aliphatic carboxylic acids is 1. The van der Waals surface area contributed by atoms with Crippen molar-refractivity contribution in [3.05, 3.63) is 59.7 Å². The van der Waals surface area contributed by atoms with Crippen LogP contribution in [-0.4, -0.2) is 41.8 Å². The standard InChI is InChI=1S/C25H30N2O5/c1-3-16(13-14-23(28)29)26-24(30)22(4-2)27-25(31)32-15-21-19-11-7-5-9-17(19)18-10-6-8-12-20(18)21/h5-12,16,21-22H,3-4,13-15H2,1-2H3,(H,26,30)(H,27,31)(H,28,29)/t16?,22-/m1/s1. The van der Waals surface area contributed by atoms with Crippen LogP contribution in [0.15, 0.2) is 48.5 Å². The van der Waals surface area contributed by atoms with Crippen LogP contribution in [0.5, 0.6) is 0 Å². The van der Waals surface area contributed by atoms with E-state index in [0.717, 1.165) is 22.3 Å². The second-order valence-corrected chi connectivity index (χ2v) is 7.98. The first-order valence-electron chi connectivity index (χ1n) is 11.1. The van der Waals surface area contributed by atoms with Gasteiger partial charge in [-0.3, -0.25) is 9.59 Å². The highest BCUT2D eigenvalue weighted by molar-refractivity contribution is 5.86. The molecule has 3 rings (SSSR count). The maximum Gasteiger partial charge on any atom is 0.407 e. The number of hydrogen-bond acceptors (Lipinski definition) is 4. The molecule has 2 amide bonds. The lowest BCUT2D eigenvalue weighted by atomic mass is 9.98. The van der Waals surface area contributed by atoms with Gasteiger partial charge >= 0.3 is 12.1 Å². The number of carbonyl (C=O) groups excluding carboxylic acids is 2. The highest BCUT2D eigenvalue weighted by atomic mass is 16.5. The Labute approximate surface area is 188 Å². The largest absolute Gasteiger partial charge is 0.481 e. The first-order chi connectivity index (χ1) is 15.4. The Morgan fingerprint density at radius 1 is 0.938 bits per heavy atom. The van der Waals surface area contributed by atoms with Gasteiger partial charge in [-0.05, 0) is 41.5 Å². The maximum atomic E-state index is 12.6. The summed E-state index contributed by atoms with van der Waals surface area (Å²) in [5.41, 5.74) is 4.54. The highest BCUT2D eigenvalue weighted by Crippen LogP contribution is 2.44. The summed E-state index contributed by atoms with van der Waals surface area (Å²) < 4.78 is 5.52. The summed E-state index contributed by atoms with van der Waals surface area (Å²) in [4.78, 5) is 35.8. The number of carboxylic acids is 1. The molecule has 1 unspecified atom stereocenters. The van der Waals surface area contributed by atoms with E-state index in [0.29, 0.717) is 19.3 Å². The molecule has 0 spiro atoms. The van der Waals surface area contributed by atoms with Crippen LogP contribution in [0.3, 0.4) is 0 Å². The second-order valence-electron chi connectivity index (χ2n) is 7.98. The summed E-state index contributed by atoms with van der Waals surface area (Å²) in [6.45, 7) is 3.85. The first kappa shape index (κ1) is 23.3. The Bertz CT molecular complexity index is 929. The number of hydrogen-bond donors (Lipinski definition) is 3. The third-order valence-corrected chi connectivity index (χ3v) is 5.91. The third kappa shape index (κ3) is 5.46. The van der Waals surface area contributed by atoms with Crippen LogP contribution in [0.25, 0.3) is 11.1 Å². The SMILES string of the molecule is CCC(CCC(=O)O)NC(=O)[C@@H](CC)NC(=O)OCC1c2ccccc2-c2ccccc21. The number of carboxylic acid groups (broad SMARTS) is 1. The van der Waals surface area contributed by atoms with Crippen LogP contribution >= 0.6 is 0 Å². The topological polar surface area (TPSA) is 105 Å². The van der Waals surface area contributed by atoms with Crippen LogP contribution in [-0.2, 0) is 14.3 Å². The molecule has 0 fully saturated rings. The van der Waals surface area contributed by atoms with Crippen molar-refractivity contribution in [2.24, 2.45) is 0 Å². The monoisotopic (exact) mass is 438 g/mol. The van der Waals surface area contributed by atoms with Gasteiger partial charge in [0.25, 0.3) is 0 Å². The van der Waals surface area contributed by atoms with Crippen molar-refractivity contribution in [3.63, 3.8) is 0 Å². The quantitative estimate of drug-likeness (QED) is 0.519. The van der Waals surface area contributed by atoms with E-state index in [9.17, 15) is 14.4 Å². The second kappa shape index (κ2) is 10.8. The van der Waals surface area contributed by atoms with E-state index >= 15 is 0 Å². The molecule has 2 atom stereocenters. The van der Waals surface area contributed by atoms with Gasteiger partial charge in [-0.15, -0.1) is 0 Å². The smallest absolute Gasteiger partial charge is 0.407 e. The number of amides is 2. The molecule has 170 valence electrons. The van der Waals surface area contributed by atoms with Crippen molar-refractivity contribution in [2.75, 3.05) is 6.61 Å². The number of benzene rings is 2. The molecule has 0 radical (unpaired) electrons. The van der Waals surface area contributed by atoms with Gasteiger partial charge in [0.15, 0.2) is 0 Å². The van der Waals surface area contributed by atoms with E-state index < -0.39 is 18.1 Å². The first-order valence-corrected chi connectivity index (χ1v) is 11.1. The zero-order valence-corrected chi connectivity index (χ0v) is 18.5. The van der Waals surface area contributed by atoms with Crippen LogP contribution in [0.2, 0.25) is 0 Å². The zero-order chi connectivity index (χ0) is 23.1. The number of alkyl carbamates (subject to hydrolysis) is 1. The Balaban J connectivity index is 1.58. The average molecular weight is 439 g/mol. The fourth-order valence-corrected chi connectivity index (χ4v) is 4.11. The number of fused-ring (bicyclic) bond motifs is 3. The summed E-state index contributed by atoms with van der Waals surface area (Å²) in [6, 6.07) is 15.2. The Morgan fingerprint density at radius 2 is 1.53 bits per heavy atom. The normalized spacial score (nSPS) is 14.1. The molecule has 0 aromatic heterocycles. The Kier molecular flexibility index (Phi) is 7.87. The Morgan fingerprint density at radius 3 is 2.06 bits per heavy atom. The van der Waals surface area contributed by atoms with Gasteiger partial charge in [-0.2, -0.15) is 0 Å².